The molecule has 60 valence electrons. The second-order valence-corrected chi connectivity index (χ2v) is 2.92. The van der Waals surface area contributed by atoms with E-state index in [0.717, 1.165) is 13.1 Å². The SMILES string of the molecule is c1cn(C[C@H]2CCCN2)nn1. The first-order chi connectivity index (χ1) is 5.45. The van der Waals surface area contributed by atoms with Crippen LogP contribution in [0, 0.1) is 0 Å². The number of rotatable bonds is 2. The van der Waals surface area contributed by atoms with Crippen LogP contribution in [0.15, 0.2) is 12.4 Å². The Bertz CT molecular complexity index is 200. The Morgan fingerprint density at radius 3 is 3.27 bits per heavy atom. The molecular formula is C7H12N4. The highest BCUT2D eigenvalue weighted by Gasteiger charge is 2.13. The lowest BCUT2D eigenvalue weighted by Crippen LogP contribution is -2.26. The molecule has 1 fully saturated rings. The molecule has 0 saturated carbocycles. The first-order valence-electron chi connectivity index (χ1n) is 4.02. The average molecular weight is 152 g/mol. The van der Waals surface area contributed by atoms with E-state index in [1.807, 2.05) is 10.9 Å². The highest BCUT2D eigenvalue weighted by atomic mass is 15.4. The van der Waals surface area contributed by atoms with E-state index >= 15 is 0 Å². The van der Waals surface area contributed by atoms with E-state index < -0.39 is 0 Å². The van der Waals surface area contributed by atoms with Gasteiger partial charge in [0, 0.05) is 12.2 Å². The van der Waals surface area contributed by atoms with E-state index in [9.17, 15) is 0 Å². The van der Waals surface area contributed by atoms with Crippen molar-refractivity contribution in [1.29, 1.82) is 0 Å². The summed E-state index contributed by atoms with van der Waals surface area (Å²) in [4.78, 5) is 0. The van der Waals surface area contributed by atoms with Gasteiger partial charge in [-0.1, -0.05) is 5.21 Å². The summed E-state index contributed by atoms with van der Waals surface area (Å²) in [6, 6.07) is 0.608. The van der Waals surface area contributed by atoms with Crippen LogP contribution in [0.25, 0.3) is 0 Å². The lowest BCUT2D eigenvalue weighted by molar-refractivity contribution is 0.466. The minimum Gasteiger partial charge on any atom is -0.312 e. The summed E-state index contributed by atoms with van der Waals surface area (Å²) in [6.45, 7) is 2.11. The molecule has 0 amide bonds. The fourth-order valence-corrected chi connectivity index (χ4v) is 1.47. The predicted molar refractivity (Wildman–Crippen MR) is 41.0 cm³/mol. The summed E-state index contributed by atoms with van der Waals surface area (Å²) in [5.74, 6) is 0. The molecule has 0 unspecified atom stereocenters. The smallest absolute Gasteiger partial charge is 0.0692 e. The second-order valence-electron chi connectivity index (χ2n) is 2.92. The largest absolute Gasteiger partial charge is 0.312 e. The first-order valence-corrected chi connectivity index (χ1v) is 4.02. The molecule has 1 N–H and O–H groups in total. The van der Waals surface area contributed by atoms with E-state index in [2.05, 4.69) is 15.6 Å². The van der Waals surface area contributed by atoms with Crippen molar-refractivity contribution >= 4 is 0 Å². The summed E-state index contributed by atoms with van der Waals surface area (Å²) >= 11 is 0. The summed E-state index contributed by atoms with van der Waals surface area (Å²) in [6.07, 6.45) is 6.17. The third-order valence-corrected chi connectivity index (χ3v) is 2.04. The Morgan fingerprint density at radius 2 is 2.64 bits per heavy atom. The minimum atomic E-state index is 0.608. The van der Waals surface area contributed by atoms with Gasteiger partial charge in [0.2, 0.25) is 0 Å². The molecule has 11 heavy (non-hydrogen) atoms. The summed E-state index contributed by atoms with van der Waals surface area (Å²) < 4.78 is 1.88. The fraction of sp³-hybridized carbons (Fsp3) is 0.714. The number of nitrogens with zero attached hydrogens (tertiary/aromatic N) is 3. The van der Waals surface area contributed by atoms with Crippen molar-refractivity contribution in [1.82, 2.24) is 20.3 Å². The molecule has 2 rings (SSSR count). The van der Waals surface area contributed by atoms with Crippen LogP contribution in [-0.4, -0.2) is 27.6 Å². The highest BCUT2D eigenvalue weighted by Crippen LogP contribution is 2.05. The van der Waals surface area contributed by atoms with Crippen LogP contribution < -0.4 is 5.32 Å². The molecular weight excluding hydrogens is 140 g/mol. The fourth-order valence-electron chi connectivity index (χ4n) is 1.47. The standard InChI is InChI=1S/C7H12N4/c1-2-7(8-3-1)6-11-5-4-9-10-11/h4-5,7-8H,1-3,6H2/t7-/m1/s1. The third-order valence-electron chi connectivity index (χ3n) is 2.04. The van der Waals surface area contributed by atoms with Gasteiger partial charge in [0.1, 0.15) is 0 Å². The minimum absolute atomic E-state index is 0.608. The molecule has 0 bridgehead atoms. The molecule has 0 radical (unpaired) electrons. The molecule has 1 aromatic rings. The topological polar surface area (TPSA) is 42.7 Å². The zero-order valence-electron chi connectivity index (χ0n) is 6.40. The van der Waals surface area contributed by atoms with Crippen molar-refractivity contribution in [2.45, 2.75) is 25.4 Å². The molecule has 1 atom stereocenters. The van der Waals surface area contributed by atoms with Gasteiger partial charge in [-0.3, -0.25) is 4.68 Å². The molecule has 0 aromatic carbocycles. The normalized spacial score (nSPS) is 24.2. The van der Waals surface area contributed by atoms with Gasteiger partial charge >= 0.3 is 0 Å². The average Bonchev–Trinajstić information content (AvgIpc) is 2.60. The number of aromatic nitrogens is 3. The molecule has 0 aliphatic carbocycles. The summed E-state index contributed by atoms with van der Waals surface area (Å²) in [5, 5.41) is 11.1. The van der Waals surface area contributed by atoms with Crippen LogP contribution in [0.4, 0.5) is 0 Å². The lowest BCUT2D eigenvalue weighted by Gasteiger charge is -2.08. The van der Waals surface area contributed by atoms with Gasteiger partial charge in [-0.15, -0.1) is 5.10 Å². The van der Waals surface area contributed by atoms with Crippen molar-refractivity contribution in [2.24, 2.45) is 0 Å². The molecule has 2 heterocycles. The Labute approximate surface area is 65.6 Å². The van der Waals surface area contributed by atoms with Gasteiger partial charge in [-0.25, -0.2) is 0 Å². The molecule has 0 spiro atoms. The number of hydrogen-bond donors (Lipinski definition) is 1. The van der Waals surface area contributed by atoms with Crippen molar-refractivity contribution in [3.8, 4) is 0 Å². The maximum Gasteiger partial charge on any atom is 0.0692 e. The Kier molecular flexibility index (Phi) is 1.85. The van der Waals surface area contributed by atoms with Crippen LogP contribution in [-0.2, 0) is 6.54 Å². The summed E-state index contributed by atoms with van der Waals surface area (Å²) in [5.41, 5.74) is 0. The van der Waals surface area contributed by atoms with Gasteiger partial charge in [-0.05, 0) is 19.4 Å². The van der Waals surface area contributed by atoms with Crippen LogP contribution >= 0.6 is 0 Å². The van der Waals surface area contributed by atoms with Crippen LogP contribution in [0.3, 0.4) is 0 Å². The number of hydrogen-bond acceptors (Lipinski definition) is 3. The third kappa shape index (κ3) is 1.57. The van der Waals surface area contributed by atoms with Crippen LogP contribution in [0.2, 0.25) is 0 Å². The monoisotopic (exact) mass is 152 g/mol. The Balaban J connectivity index is 1.90. The maximum atomic E-state index is 3.91. The zero-order chi connectivity index (χ0) is 7.52. The molecule has 1 aliphatic heterocycles. The Hall–Kier alpha value is -0.900. The van der Waals surface area contributed by atoms with Gasteiger partial charge in [-0.2, -0.15) is 0 Å². The van der Waals surface area contributed by atoms with E-state index in [1.54, 1.807) is 6.20 Å². The van der Waals surface area contributed by atoms with Gasteiger partial charge in [0.15, 0.2) is 0 Å². The summed E-state index contributed by atoms with van der Waals surface area (Å²) in [7, 11) is 0. The molecule has 1 aliphatic rings. The van der Waals surface area contributed by atoms with E-state index in [0.29, 0.717) is 6.04 Å². The van der Waals surface area contributed by atoms with E-state index in [4.69, 9.17) is 0 Å². The second kappa shape index (κ2) is 3.00. The zero-order valence-corrected chi connectivity index (χ0v) is 6.40. The first kappa shape index (κ1) is 6.79. The van der Waals surface area contributed by atoms with Gasteiger partial charge in [0.05, 0.1) is 12.7 Å². The molecule has 1 aromatic heterocycles. The van der Waals surface area contributed by atoms with Crippen molar-refractivity contribution in [3.05, 3.63) is 12.4 Å². The lowest BCUT2D eigenvalue weighted by atomic mass is 10.2. The van der Waals surface area contributed by atoms with Crippen LogP contribution in [0.5, 0.6) is 0 Å². The predicted octanol–water partition coefficient (Wildman–Crippen LogP) is 0.0301. The van der Waals surface area contributed by atoms with Crippen LogP contribution in [0.1, 0.15) is 12.8 Å². The van der Waals surface area contributed by atoms with E-state index in [1.165, 1.54) is 12.8 Å². The highest BCUT2D eigenvalue weighted by molar-refractivity contribution is 4.75. The Morgan fingerprint density at radius 1 is 1.64 bits per heavy atom. The number of nitrogens with one attached hydrogen (secondary N) is 1. The van der Waals surface area contributed by atoms with E-state index in [-0.39, 0.29) is 0 Å². The van der Waals surface area contributed by atoms with Gasteiger partial charge < -0.3 is 5.32 Å². The molecule has 1 saturated heterocycles. The van der Waals surface area contributed by atoms with Crippen molar-refractivity contribution in [2.75, 3.05) is 6.54 Å². The van der Waals surface area contributed by atoms with Crippen molar-refractivity contribution < 1.29 is 0 Å². The van der Waals surface area contributed by atoms with Crippen molar-refractivity contribution in [3.63, 3.8) is 0 Å². The maximum absolute atomic E-state index is 3.91. The molecule has 4 heteroatoms. The quantitative estimate of drug-likeness (QED) is 0.650. The van der Waals surface area contributed by atoms with Gasteiger partial charge in [0.25, 0.3) is 0 Å². The molecule has 4 nitrogen and oxygen atoms in total.